The van der Waals surface area contributed by atoms with Gasteiger partial charge in [0, 0.05) is 18.3 Å². The molecule has 0 saturated heterocycles. The average molecular weight is 233 g/mol. The van der Waals surface area contributed by atoms with Crippen molar-refractivity contribution < 1.29 is 5.11 Å². The Hall–Kier alpha value is -1.59. The van der Waals surface area contributed by atoms with Crippen molar-refractivity contribution >= 4 is 28.9 Å². The summed E-state index contributed by atoms with van der Waals surface area (Å²) in [5, 5.41) is 9.74. The smallest absolute Gasteiger partial charge is 0.175 e. The van der Waals surface area contributed by atoms with Crippen LogP contribution in [-0.4, -0.2) is 21.3 Å². The lowest BCUT2D eigenvalue weighted by atomic mass is 10.2. The molecule has 0 radical (unpaired) electrons. The van der Waals surface area contributed by atoms with Crippen molar-refractivity contribution in [2.75, 3.05) is 4.90 Å². The molecule has 3 rings (SSSR count). The number of H-pyrrole nitrogens is 2. The molecule has 1 aliphatic heterocycles. The first kappa shape index (κ1) is 9.62. The van der Waals surface area contributed by atoms with Crippen LogP contribution in [0.1, 0.15) is 6.42 Å². The van der Waals surface area contributed by atoms with Crippen LogP contribution in [0.25, 0.3) is 11.0 Å². The van der Waals surface area contributed by atoms with Gasteiger partial charge in [0.1, 0.15) is 6.23 Å². The van der Waals surface area contributed by atoms with Crippen LogP contribution in [0.3, 0.4) is 0 Å². The largest absolute Gasteiger partial charge is 0.373 e. The van der Waals surface area contributed by atoms with E-state index in [0.29, 0.717) is 11.2 Å². The number of hydrogen-bond acceptors (Lipinski definition) is 3. The van der Waals surface area contributed by atoms with Crippen molar-refractivity contribution in [3.63, 3.8) is 0 Å². The van der Waals surface area contributed by atoms with Gasteiger partial charge in [0.15, 0.2) is 4.77 Å². The molecule has 1 aliphatic rings. The molecule has 1 unspecified atom stereocenters. The van der Waals surface area contributed by atoms with Gasteiger partial charge in [-0.2, -0.15) is 0 Å². The molecule has 1 atom stereocenters. The van der Waals surface area contributed by atoms with Crippen LogP contribution in [0.4, 0.5) is 5.69 Å². The standard InChI is InChI=1S/C11H11N3OS/c15-10-2-1-5-14(10)7-3-4-8-9(6-7)13-11(16)12-8/h1,3-6,10,15H,2H2,(H2,12,13,16). The molecule has 3 N–H and O–H groups in total. The summed E-state index contributed by atoms with van der Waals surface area (Å²) >= 11 is 5.03. The van der Waals surface area contributed by atoms with E-state index in [4.69, 9.17) is 12.2 Å². The van der Waals surface area contributed by atoms with E-state index in [0.717, 1.165) is 16.7 Å². The first-order chi connectivity index (χ1) is 7.74. The van der Waals surface area contributed by atoms with Crippen LogP contribution in [0.15, 0.2) is 30.5 Å². The van der Waals surface area contributed by atoms with Gasteiger partial charge in [0.05, 0.1) is 11.0 Å². The highest BCUT2D eigenvalue weighted by molar-refractivity contribution is 7.71. The number of hydrogen-bond donors (Lipinski definition) is 3. The van der Waals surface area contributed by atoms with Gasteiger partial charge in [-0.15, -0.1) is 0 Å². The number of aromatic amines is 2. The Kier molecular flexibility index (Phi) is 2.08. The molecule has 0 bridgehead atoms. The van der Waals surface area contributed by atoms with Crippen molar-refractivity contribution in [3.8, 4) is 0 Å². The molecule has 82 valence electrons. The number of aromatic nitrogens is 2. The van der Waals surface area contributed by atoms with E-state index in [-0.39, 0.29) is 0 Å². The van der Waals surface area contributed by atoms with Crippen molar-refractivity contribution in [1.29, 1.82) is 0 Å². The van der Waals surface area contributed by atoms with Gasteiger partial charge in [0.25, 0.3) is 0 Å². The van der Waals surface area contributed by atoms with Crippen molar-refractivity contribution in [2.24, 2.45) is 0 Å². The summed E-state index contributed by atoms with van der Waals surface area (Å²) in [6.07, 6.45) is 4.06. The predicted octanol–water partition coefficient (Wildman–Crippen LogP) is 2.27. The van der Waals surface area contributed by atoms with Crippen LogP contribution in [0, 0.1) is 4.77 Å². The molecule has 0 fully saturated rings. The maximum atomic E-state index is 9.74. The number of aliphatic hydroxyl groups is 1. The summed E-state index contributed by atoms with van der Waals surface area (Å²) < 4.78 is 0.615. The number of anilines is 1. The van der Waals surface area contributed by atoms with E-state index >= 15 is 0 Å². The maximum absolute atomic E-state index is 9.74. The molecule has 0 saturated carbocycles. The second kappa shape index (κ2) is 3.47. The van der Waals surface area contributed by atoms with E-state index in [2.05, 4.69) is 9.97 Å². The second-order valence-electron chi connectivity index (χ2n) is 3.82. The lowest BCUT2D eigenvalue weighted by molar-refractivity contribution is 0.191. The Morgan fingerprint density at radius 1 is 1.31 bits per heavy atom. The topological polar surface area (TPSA) is 55.0 Å². The Bertz CT molecular complexity index is 613. The first-order valence-electron chi connectivity index (χ1n) is 5.09. The van der Waals surface area contributed by atoms with Gasteiger partial charge in [-0.1, -0.05) is 6.08 Å². The molecule has 2 aromatic rings. The third kappa shape index (κ3) is 1.45. The molecule has 4 nitrogen and oxygen atoms in total. The summed E-state index contributed by atoms with van der Waals surface area (Å²) in [6, 6.07) is 5.89. The SMILES string of the molecule is OC1CC=CN1c1ccc2[nH]c(=S)[nH]c2c1. The lowest BCUT2D eigenvalue weighted by Crippen LogP contribution is -2.25. The van der Waals surface area contributed by atoms with Crippen LogP contribution >= 0.6 is 12.2 Å². The van der Waals surface area contributed by atoms with Gasteiger partial charge in [-0.25, -0.2) is 0 Å². The monoisotopic (exact) mass is 233 g/mol. The Morgan fingerprint density at radius 2 is 2.12 bits per heavy atom. The fourth-order valence-corrected chi connectivity index (χ4v) is 2.17. The average Bonchev–Trinajstić information content (AvgIpc) is 2.81. The lowest BCUT2D eigenvalue weighted by Gasteiger charge is -2.20. The van der Waals surface area contributed by atoms with E-state index in [1.54, 1.807) is 0 Å². The fourth-order valence-electron chi connectivity index (χ4n) is 1.95. The molecule has 1 aromatic carbocycles. The van der Waals surface area contributed by atoms with Gasteiger partial charge in [-0.05, 0) is 30.4 Å². The van der Waals surface area contributed by atoms with Crippen LogP contribution in [0.2, 0.25) is 0 Å². The summed E-state index contributed by atoms with van der Waals surface area (Å²) in [4.78, 5) is 7.95. The van der Waals surface area contributed by atoms with E-state index in [9.17, 15) is 5.11 Å². The summed E-state index contributed by atoms with van der Waals surface area (Å²) in [6.45, 7) is 0. The number of fused-ring (bicyclic) bond motifs is 1. The molecule has 0 amide bonds. The fraction of sp³-hybridized carbons (Fsp3) is 0.182. The van der Waals surface area contributed by atoms with Crippen molar-refractivity contribution in [1.82, 2.24) is 9.97 Å². The predicted molar refractivity (Wildman–Crippen MR) is 65.7 cm³/mol. The summed E-state index contributed by atoms with van der Waals surface area (Å²) in [7, 11) is 0. The molecule has 0 aliphatic carbocycles. The Morgan fingerprint density at radius 3 is 2.88 bits per heavy atom. The van der Waals surface area contributed by atoms with Gasteiger partial charge in [-0.3, -0.25) is 0 Å². The van der Waals surface area contributed by atoms with Crippen LogP contribution in [-0.2, 0) is 0 Å². The molecule has 0 spiro atoms. The minimum atomic E-state index is -0.459. The molecule has 5 heteroatoms. The highest BCUT2D eigenvalue weighted by Gasteiger charge is 2.17. The van der Waals surface area contributed by atoms with Gasteiger partial charge >= 0.3 is 0 Å². The summed E-state index contributed by atoms with van der Waals surface area (Å²) in [5.74, 6) is 0. The minimum Gasteiger partial charge on any atom is -0.373 e. The number of aliphatic hydroxyl groups excluding tert-OH is 1. The van der Waals surface area contributed by atoms with Crippen LogP contribution < -0.4 is 4.90 Å². The Labute approximate surface area is 97.2 Å². The number of rotatable bonds is 1. The number of imidazole rings is 1. The number of benzene rings is 1. The number of nitrogens with zero attached hydrogens (tertiary/aromatic N) is 1. The Balaban J connectivity index is 2.10. The maximum Gasteiger partial charge on any atom is 0.175 e. The van der Waals surface area contributed by atoms with Gasteiger partial charge in [0.2, 0.25) is 0 Å². The molecule has 2 heterocycles. The third-order valence-electron chi connectivity index (χ3n) is 2.73. The van der Waals surface area contributed by atoms with E-state index in [1.807, 2.05) is 35.4 Å². The zero-order valence-corrected chi connectivity index (χ0v) is 9.29. The van der Waals surface area contributed by atoms with Gasteiger partial charge < -0.3 is 20.0 Å². The highest BCUT2D eigenvalue weighted by atomic mass is 32.1. The zero-order chi connectivity index (χ0) is 11.1. The normalized spacial score (nSPS) is 19.8. The molecule has 16 heavy (non-hydrogen) atoms. The van der Waals surface area contributed by atoms with Crippen LogP contribution in [0.5, 0.6) is 0 Å². The van der Waals surface area contributed by atoms with Crippen molar-refractivity contribution in [2.45, 2.75) is 12.6 Å². The zero-order valence-electron chi connectivity index (χ0n) is 8.47. The first-order valence-corrected chi connectivity index (χ1v) is 5.50. The van der Waals surface area contributed by atoms with E-state index < -0.39 is 6.23 Å². The molecule has 1 aromatic heterocycles. The molecular weight excluding hydrogens is 222 g/mol. The van der Waals surface area contributed by atoms with Crippen molar-refractivity contribution in [3.05, 3.63) is 35.2 Å². The molecular formula is C11H11N3OS. The second-order valence-corrected chi connectivity index (χ2v) is 4.23. The van der Waals surface area contributed by atoms with E-state index in [1.165, 1.54) is 0 Å². The minimum absolute atomic E-state index is 0.459. The quantitative estimate of drug-likeness (QED) is 0.662. The summed E-state index contributed by atoms with van der Waals surface area (Å²) in [5.41, 5.74) is 2.89. The third-order valence-corrected chi connectivity index (χ3v) is 2.94. The number of nitrogens with one attached hydrogen (secondary N) is 2. The highest BCUT2D eigenvalue weighted by Crippen LogP contribution is 2.25.